The van der Waals surface area contributed by atoms with Crippen LogP contribution in [0.3, 0.4) is 0 Å². The molecule has 0 atom stereocenters. The highest BCUT2D eigenvalue weighted by Gasteiger charge is 2.14. The highest BCUT2D eigenvalue weighted by Crippen LogP contribution is 2.34. The van der Waals surface area contributed by atoms with Crippen LogP contribution in [-0.2, 0) is 46.0 Å². The number of ether oxygens (including phenoxy) is 2. The molecule has 10 aromatic rings. The van der Waals surface area contributed by atoms with Crippen LogP contribution in [0.25, 0.3) is 44.5 Å². The number of fused-ring (bicyclic) bond motifs is 2. The minimum Gasteiger partial charge on any atom is -0.487 e. The molecule has 17 nitrogen and oxygen atoms in total. The Balaban J connectivity index is 0.000000177. The Morgan fingerprint density at radius 3 is 1.65 bits per heavy atom. The van der Waals surface area contributed by atoms with E-state index in [1.807, 2.05) is 48.5 Å². The lowest BCUT2D eigenvalue weighted by atomic mass is 10.1. The smallest absolute Gasteiger partial charge is 0.258 e. The van der Waals surface area contributed by atoms with Gasteiger partial charge >= 0.3 is 0 Å². The first-order chi connectivity index (χ1) is 38.8. The summed E-state index contributed by atoms with van der Waals surface area (Å²) in [5.74, 6) is 3.72. The lowest BCUT2D eigenvalue weighted by Gasteiger charge is -2.12. The van der Waals surface area contributed by atoms with Gasteiger partial charge in [0.25, 0.3) is 5.56 Å². The van der Waals surface area contributed by atoms with Crippen LogP contribution in [-0.4, -0.2) is 73.9 Å². The average molecular weight is 1180 g/mol. The molecule has 0 amide bonds. The standard InChI is InChI=1S/C29H26ClFN4O4S.C16H17N3O4S.C13H11ClFNO/c1-40(36,37)13-12-32-16-22-8-11-27(39-22)19-6-9-26-23(14-19)29(34-18-33-26)35-21-7-10-28(24(30)15-21)38-17-20-4-2-3-5-25(20)31;1-24(21,22)7-6-17-9-12-3-5-15(23-12)11-2-4-14-13(8-11)16(20)19-10-18-14;14-11-7-10(16)5-6-13(11)17-8-9-3-1-2-4-12(9)15/h2-11,14-15,18,32H,12-13,16-17H2,1H3,(H,33,34,35);2-5,8,10,17H,6-7,9H2,1H3,(H,18,19,20);1-7H,8,16H2. The van der Waals surface area contributed by atoms with Gasteiger partial charge in [0, 0.05) is 64.6 Å². The number of nitrogens with zero attached hydrogens (tertiary/aromatic N) is 3. The monoisotopic (exact) mass is 1180 g/mol. The van der Waals surface area contributed by atoms with Crippen molar-refractivity contribution in [1.29, 1.82) is 0 Å². The molecular weight excluding hydrogens is 1130 g/mol. The number of furan rings is 2. The third kappa shape index (κ3) is 17.4. The molecule has 10 rings (SSSR count). The fourth-order valence-corrected chi connectivity index (χ4v) is 9.24. The number of anilines is 3. The van der Waals surface area contributed by atoms with Gasteiger partial charge in [0.2, 0.25) is 0 Å². The fraction of sp³-hybridized carbons (Fsp3) is 0.172. The minimum atomic E-state index is -3.02. The molecule has 4 aromatic heterocycles. The highest BCUT2D eigenvalue weighted by atomic mass is 35.5. The van der Waals surface area contributed by atoms with Gasteiger partial charge in [0.15, 0.2) is 0 Å². The molecule has 0 aliphatic heterocycles. The summed E-state index contributed by atoms with van der Waals surface area (Å²) in [6.45, 7) is 1.76. The van der Waals surface area contributed by atoms with Gasteiger partial charge in [-0.2, -0.15) is 0 Å². The molecule has 0 saturated heterocycles. The topological polar surface area (TPSA) is 247 Å². The fourth-order valence-electron chi connectivity index (χ4n) is 7.73. The number of aromatic amines is 1. The molecule has 0 aliphatic carbocycles. The van der Waals surface area contributed by atoms with Crippen LogP contribution in [0.5, 0.6) is 11.5 Å². The number of hydrogen-bond acceptors (Lipinski definition) is 16. The second-order valence-corrected chi connectivity index (χ2v) is 23.6. The van der Waals surface area contributed by atoms with Gasteiger partial charge < -0.3 is 45.0 Å². The molecule has 6 N–H and O–H groups in total. The van der Waals surface area contributed by atoms with E-state index in [9.17, 15) is 30.4 Å². The van der Waals surface area contributed by atoms with Crippen molar-refractivity contribution in [1.82, 2.24) is 30.6 Å². The van der Waals surface area contributed by atoms with Crippen molar-refractivity contribution >= 4 is 81.9 Å². The number of hydrogen-bond donors (Lipinski definition) is 5. The molecule has 420 valence electrons. The summed E-state index contributed by atoms with van der Waals surface area (Å²) in [5.41, 5.74) is 10.5. The molecule has 4 heterocycles. The zero-order valence-corrected chi connectivity index (χ0v) is 46.7. The van der Waals surface area contributed by atoms with Crippen molar-refractivity contribution in [3.05, 3.63) is 213 Å². The lowest BCUT2D eigenvalue weighted by molar-refractivity contribution is 0.300. The third-order valence-electron chi connectivity index (χ3n) is 11.9. The number of benzene rings is 6. The van der Waals surface area contributed by atoms with Crippen molar-refractivity contribution in [2.24, 2.45) is 0 Å². The molecule has 0 unspecified atom stereocenters. The average Bonchev–Trinajstić information content (AvgIpc) is 4.13. The molecule has 0 bridgehead atoms. The number of halogens is 4. The summed E-state index contributed by atoms with van der Waals surface area (Å²) in [6.07, 6.45) is 5.26. The Morgan fingerprint density at radius 2 is 1.12 bits per heavy atom. The van der Waals surface area contributed by atoms with E-state index in [1.54, 1.807) is 84.9 Å². The van der Waals surface area contributed by atoms with Crippen LogP contribution in [0.1, 0.15) is 22.6 Å². The molecule has 0 fully saturated rings. The normalized spacial score (nSPS) is 11.4. The van der Waals surface area contributed by atoms with Crippen LogP contribution in [0.2, 0.25) is 10.0 Å². The van der Waals surface area contributed by atoms with Crippen molar-refractivity contribution in [3.8, 4) is 34.1 Å². The predicted octanol–water partition coefficient (Wildman–Crippen LogP) is 11.1. The van der Waals surface area contributed by atoms with Crippen LogP contribution in [0.15, 0.2) is 172 Å². The molecule has 0 saturated carbocycles. The number of aromatic nitrogens is 4. The lowest BCUT2D eigenvalue weighted by Crippen LogP contribution is -2.21. The first-order valence-electron chi connectivity index (χ1n) is 24.9. The third-order valence-corrected chi connectivity index (χ3v) is 14.4. The van der Waals surface area contributed by atoms with Gasteiger partial charge in [-0.1, -0.05) is 59.6 Å². The van der Waals surface area contributed by atoms with Crippen molar-refractivity contribution < 1.29 is 43.9 Å². The molecule has 0 radical (unpaired) electrons. The first kappa shape index (κ1) is 59.0. The number of H-pyrrole nitrogens is 1. The molecular formula is C58H54Cl2F2N8O9S2. The maximum atomic E-state index is 13.9. The van der Waals surface area contributed by atoms with E-state index >= 15 is 0 Å². The van der Waals surface area contributed by atoms with E-state index in [0.29, 0.717) is 110 Å². The quantitative estimate of drug-likeness (QED) is 0.0352. The summed E-state index contributed by atoms with van der Waals surface area (Å²) in [4.78, 5) is 27.3. The van der Waals surface area contributed by atoms with Crippen LogP contribution < -0.4 is 36.7 Å². The molecule has 6 aromatic carbocycles. The van der Waals surface area contributed by atoms with Gasteiger partial charge in [-0.25, -0.2) is 40.6 Å². The van der Waals surface area contributed by atoms with Crippen molar-refractivity contribution in [3.63, 3.8) is 0 Å². The number of nitrogen functional groups attached to an aromatic ring is 1. The van der Waals surface area contributed by atoms with Crippen LogP contribution in [0, 0.1) is 11.6 Å². The van der Waals surface area contributed by atoms with Gasteiger partial charge in [0.05, 0.1) is 57.4 Å². The minimum absolute atomic E-state index is 0.0592. The Kier molecular flexibility index (Phi) is 19.9. The SMILES string of the molecule is CS(=O)(=O)CCNCc1ccc(-c2ccc3nc[nH]c(=O)c3c2)o1.CS(=O)(=O)CCNCc1ccc(-c2ccc3ncnc(Nc4ccc(OCc5ccccc5F)c(Cl)c4)c3c2)o1.Nc1ccc(OCc2ccccc2F)c(Cl)c1. The van der Waals surface area contributed by atoms with E-state index < -0.39 is 19.7 Å². The predicted molar refractivity (Wildman–Crippen MR) is 312 cm³/mol. The summed E-state index contributed by atoms with van der Waals surface area (Å²) >= 11 is 12.4. The maximum absolute atomic E-state index is 13.9. The van der Waals surface area contributed by atoms with Crippen molar-refractivity contribution in [2.75, 3.05) is 48.2 Å². The van der Waals surface area contributed by atoms with E-state index in [1.165, 1.54) is 37.3 Å². The zero-order valence-electron chi connectivity index (χ0n) is 43.6. The number of rotatable bonds is 20. The van der Waals surface area contributed by atoms with Gasteiger partial charge in [-0.05, 0) is 109 Å². The van der Waals surface area contributed by atoms with Gasteiger partial charge in [-0.3, -0.25) is 4.79 Å². The Labute approximate surface area is 475 Å². The number of nitrogens with two attached hydrogens (primary N) is 1. The molecule has 0 spiro atoms. The van der Waals surface area contributed by atoms with Gasteiger partial charge in [-0.15, -0.1) is 0 Å². The van der Waals surface area contributed by atoms with Crippen LogP contribution in [0.4, 0.5) is 26.0 Å². The summed E-state index contributed by atoms with van der Waals surface area (Å²) < 4.78 is 94.8. The second kappa shape index (κ2) is 27.3. The Morgan fingerprint density at radius 1 is 0.605 bits per heavy atom. The first-order valence-corrected chi connectivity index (χ1v) is 29.7. The number of sulfone groups is 2. The Hall–Kier alpha value is -8.18. The van der Waals surface area contributed by atoms with Crippen molar-refractivity contribution in [2.45, 2.75) is 26.3 Å². The largest absolute Gasteiger partial charge is 0.487 e. The summed E-state index contributed by atoms with van der Waals surface area (Å²) in [6, 6.07) is 41.5. The van der Waals surface area contributed by atoms with E-state index in [2.05, 4.69) is 35.9 Å². The Bertz CT molecular complexity index is 4090. The second-order valence-electron chi connectivity index (χ2n) is 18.3. The summed E-state index contributed by atoms with van der Waals surface area (Å²) in [5, 5.41) is 11.5. The molecule has 0 aliphatic rings. The molecule has 81 heavy (non-hydrogen) atoms. The van der Waals surface area contributed by atoms with Gasteiger partial charge in [0.1, 0.15) is 91.2 Å². The van der Waals surface area contributed by atoms with Crippen LogP contribution >= 0.6 is 23.2 Å². The van der Waals surface area contributed by atoms with E-state index in [-0.39, 0.29) is 41.9 Å². The highest BCUT2D eigenvalue weighted by molar-refractivity contribution is 7.90. The zero-order chi connectivity index (χ0) is 57.5. The van der Waals surface area contributed by atoms with E-state index in [4.69, 9.17) is 47.2 Å². The summed E-state index contributed by atoms with van der Waals surface area (Å²) in [7, 11) is -5.99. The van der Waals surface area contributed by atoms with E-state index in [0.717, 1.165) is 22.0 Å². The molecule has 23 heteroatoms. The number of nitrogens with one attached hydrogen (secondary N) is 4. The maximum Gasteiger partial charge on any atom is 0.258 e.